The molecule has 3 rings (SSSR count). The van der Waals surface area contributed by atoms with Crippen molar-refractivity contribution in [3.63, 3.8) is 0 Å². The molecule has 0 aliphatic carbocycles. The van der Waals surface area contributed by atoms with Gasteiger partial charge in [-0.1, -0.05) is 6.07 Å². The first-order chi connectivity index (χ1) is 13.7. The summed E-state index contributed by atoms with van der Waals surface area (Å²) in [6.45, 7) is 0.129. The van der Waals surface area contributed by atoms with Crippen LogP contribution < -0.4 is 5.32 Å². The predicted octanol–water partition coefficient (Wildman–Crippen LogP) is 2.84. The van der Waals surface area contributed by atoms with Crippen molar-refractivity contribution in [1.82, 2.24) is 15.1 Å². The molecule has 0 saturated carbocycles. The third-order valence-corrected chi connectivity index (χ3v) is 4.36. The lowest BCUT2D eigenvalue weighted by Crippen LogP contribution is -2.50. The summed E-state index contributed by atoms with van der Waals surface area (Å²) in [7, 11) is 1.23. The molecule has 12 heteroatoms. The van der Waals surface area contributed by atoms with Crippen LogP contribution in [0.25, 0.3) is 10.9 Å². The van der Waals surface area contributed by atoms with Gasteiger partial charge < -0.3 is 15.2 Å². The molecule has 0 spiro atoms. The van der Waals surface area contributed by atoms with Crippen molar-refractivity contribution < 1.29 is 37.4 Å². The standard InChI is InChI=1S/C16H17F3N4O3.CH2O2/c1-26-15(25)23-8-3-2-7-11(23)14(24)20-13-9-5-4-6-10(16(17,18)19)12(9)21-22-13;2-1-3/h4-6,11H,2-3,7-8H2,1H3,(H2,20,21,22,24);1H,(H,2,3). The van der Waals surface area contributed by atoms with Crippen molar-refractivity contribution in [3.05, 3.63) is 23.8 Å². The smallest absolute Gasteiger partial charge is 0.418 e. The number of carbonyl (C=O) groups excluding carboxylic acids is 2. The number of halogens is 3. The van der Waals surface area contributed by atoms with Gasteiger partial charge in [0.2, 0.25) is 5.91 Å². The molecule has 2 heterocycles. The Morgan fingerprint density at radius 1 is 1.38 bits per heavy atom. The number of nitrogens with one attached hydrogen (secondary N) is 2. The maximum Gasteiger partial charge on any atom is 0.418 e. The number of anilines is 1. The lowest BCUT2D eigenvalue weighted by molar-refractivity contribution is -0.136. The summed E-state index contributed by atoms with van der Waals surface area (Å²) < 4.78 is 43.9. The van der Waals surface area contributed by atoms with E-state index in [2.05, 4.69) is 20.3 Å². The third kappa shape index (κ3) is 4.95. The van der Waals surface area contributed by atoms with E-state index in [0.29, 0.717) is 13.0 Å². The van der Waals surface area contributed by atoms with Crippen LogP contribution in [0.3, 0.4) is 0 Å². The van der Waals surface area contributed by atoms with Crippen LogP contribution in [0.5, 0.6) is 0 Å². The number of aromatic nitrogens is 2. The first-order valence-electron chi connectivity index (χ1n) is 8.52. The molecule has 1 aromatic heterocycles. The highest BCUT2D eigenvalue weighted by Crippen LogP contribution is 2.35. The highest BCUT2D eigenvalue weighted by Gasteiger charge is 2.35. The van der Waals surface area contributed by atoms with Gasteiger partial charge in [-0.25, -0.2) is 4.79 Å². The molecule has 1 aromatic carbocycles. The average molecular weight is 416 g/mol. The molecule has 1 saturated heterocycles. The fourth-order valence-electron chi connectivity index (χ4n) is 3.11. The molecule has 1 unspecified atom stereocenters. The zero-order valence-corrected chi connectivity index (χ0v) is 15.3. The van der Waals surface area contributed by atoms with Gasteiger partial charge in [0, 0.05) is 11.9 Å². The quantitative estimate of drug-likeness (QED) is 0.647. The van der Waals surface area contributed by atoms with E-state index in [1.807, 2.05) is 0 Å². The minimum atomic E-state index is -4.54. The lowest BCUT2D eigenvalue weighted by Gasteiger charge is -2.33. The topological polar surface area (TPSA) is 125 Å². The number of fused-ring (bicyclic) bond motifs is 1. The number of amides is 2. The molecule has 1 aliphatic heterocycles. The van der Waals surface area contributed by atoms with Crippen LogP contribution in [0.2, 0.25) is 0 Å². The van der Waals surface area contributed by atoms with Crippen molar-refractivity contribution in [1.29, 1.82) is 0 Å². The zero-order chi connectivity index (χ0) is 21.6. The van der Waals surface area contributed by atoms with E-state index in [1.165, 1.54) is 24.1 Å². The number of ether oxygens (including phenoxy) is 1. The van der Waals surface area contributed by atoms with E-state index < -0.39 is 29.8 Å². The van der Waals surface area contributed by atoms with Crippen LogP contribution in [0.15, 0.2) is 18.2 Å². The molecule has 29 heavy (non-hydrogen) atoms. The predicted molar refractivity (Wildman–Crippen MR) is 95.2 cm³/mol. The highest BCUT2D eigenvalue weighted by atomic mass is 19.4. The Kier molecular flexibility index (Phi) is 7.02. The number of hydrogen-bond acceptors (Lipinski definition) is 5. The number of H-pyrrole nitrogens is 1. The van der Waals surface area contributed by atoms with Crippen molar-refractivity contribution in [3.8, 4) is 0 Å². The van der Waals surface area contributed by atoms with Gasteiger partial charge in [0.1, 0.15) is 6.04 Å². The molecule has 2 amide bonds. The molecule has 1 aliphatic rings. The fraction of sp³-hybridized carbons (Fsp3) is 0.412. The van der Waals surface area contributed by atoms with Gasteiger partial charge in [0.05, 0.1) is 18.2 Å². The van der Waals surface area contributed by atoms with Gasteiger partial charge in [0.25, 0.3) is 6.47 Å². The van der Waals surface area contributed by atoms with Gasteiger partial charge in [-0.3, -0.25) is 19.6 Å². The number of carbonyl (C=O) groups is 3. The number of alkyl halides is 3. The lowest BCUT2D eigenvalue weighted by atomic mass is 10.0. The number of nitrogens with zero attached hydrogens (tertiary/aromatic N) is 2. The third-order valence-electron chi connectivity index (χ3n) is 4.36. The van der Waals surface area contributed by atoms with Crippen LogP contribution >= 0.6 is 0 Å². The van der Waals surface area contributed by atoms with Crippen molar-refractivity contribution in [2.75, 3.05) is 19.0 Å². The van der Waals surface area contributed by atoms with Crippen LogP contribution in [0, 0.1) is 0 Å². The van der Waals surface area contributed by atoms with Crippen LogP contribution in [0.1, 0.15) is 24.8 Å². The Hall–Kier alpha value is -3.31. The highest BCUT2D eigenvalue weighted by molar-refractivity contribution is 6.03. The number of carboxylic acid groups (broad SMARTS) is 1. The molecule has 3 N–H and O–H groups in total. The second kappa shape index (κ2) is 9.26. The Morgan fingerprint density at radius 2 is 2.07 bits per heavy atom. The van der Waals surface area contributed by atoms with E-state index in [1.54, 1.807) is 0 Å². The van der Waals surface area contributed by atoms with Gasteiger partial charge in [-0.2, -0.15) is 18.3 Å². The number of likely N-dealkylation sites (tertiary alicyclic amines) is 1. The molecule has 2 aromatic rings. The summed E-state index contributed by atoms with van der Waals surface area (Å²) in [5, 5.41) is 15.7. The fourth-order valence-corrected chi connectivity index (χ4v) is 3.11. The normalized spacial score (nSPS) is 16.6. The van der Waals surface area contributed by atoms with Gasteiger partial charge in [-0.05, 0) is 31.4 Å². The number of methoxy groups -OCH3 is 1. The number of piperidine rings is 1. The molecular weight excluding hydrogens is 397 g/mol. The van der Waals surface area contributed by atoms with E-state index in [-0.39, 0.29) is 23.2 Å². The maximum atomic E-state index is 13.1. The Morgan fingerprint density at radius 3 is 2.69 bits per heavy atom. The van der Waals surface area contributed by atoms with Gasteiger partial charge >= 0.3 is 12.3 Å². The molecular formula is C17H19F3N4O5. The minimum absolute atomic E-state index is 0.00788. The number of rotatable bonds is 2. The number of aromatic amines is 1. The number of para-hydroxylation sites is 1. The van der Waals surface area contributed by atoms with Crippen LogP contribution in [-0.4, -0.2) is 58.4 Å². The molecule has 0 radical (unpaired) electrons. The monoisotopic (exact) mass is 416 g/mol. The van der Waals surface area contributed by atoms with E-state index in [4.69, 9.17) is 9.90 Å². The van der Waals surface area contributed by atoms with Crippen molar-refractivity contribution >= 4 is 35.2 Å². The average Bonchev–Trinajstić information content (AvgIpc) is 3.10. The molecule has 158 valence electrons. The number of benzene rings is 1. The second-order valence-corrected chi connectivity index (χ2v) is 6.07. The first-order valence-corrected chi connectivity index (χ1v) is 8.52. The van der Waals surface area contributed by atoms with E-state index in [0.717, 1.165) is 18.9 Å². The summed E-state index contributed by atoms with van der Waals surface area (Å²) >= 11 is 0. The maximum absolute atomic E-state index is 13.1. The van der Waals surface area contributed by atoms with Crippen LogP contribution in [-0.2, 0) is 20.5 Å². The van der Waals surface area contributed by atoms with Crippen molar-refractivity contribution in [2.45, 2.75) is 31.5 Å². The molecule has 1 atom stereocenters. The van der Waals surface area contributed by atoms with Crippen LogP contribution in [0.4, 0.5) is 23.8 Å². The summed E-state index contributed by atoms with van der Waals surface area (Å²) in [5.74, 6) is -0.521. The summed E-state index contributed by atoms with van der Waals surface area (Å²) in [4.78, 5) is 34.1. The molecule has 9 nitrogen and oxygen atoms in total. The Labute approximate surface area is 162 Å². The Balaban J connectivity index is 0.000000941. The van der Waals surface area contributed by atoms with Gasteiger partial charge in [0.15, 0.2) is 5.82 Å². The molecule has 1 fully saturated rings. The largest absolute Gasteiger partial charge is 0.483 e. The van der Waals surface area contributed by atoms with Crippen molar-refractivity contribution in [2.24, 2.45) is 0 Å². The zero-order valence-electron chi connectivity index (χ0n) is 15.3. The minimum Gasteiger partial charge on any atom is -0.483 e. The first kappa shape index (κ1) is 22.0. The van der Waals surface area contributed by atoms with E-state index >= 15 is 0 Å². The van der Waals surface area contributed by atoms with Gasteiger partial charge in [-0.15, -0.1) is 0 Å². The summed E-state index contributed by atoms with van der Waals surface area (Å²) in [5.41, 5.74) is -1.07. The SMILES string of the molecule is COC(=O)N1CCCCC1C(=O)Nc1n[nH]c2c(C(F)(F)F)cccc12.O=CO. The van der Waals surface area contributed by atoms with E-state index in [9.17, 15) is 22.8 Å². The number of hydrogen-bond donors (Lipinski definition) is 3. The summed E-state index contributed by atoms with van der Waals surface area (Å²) in [6, 6.07) is 2.86. The Bertz CT molecular complexity index is 884. The summed E-state index contributed by atoms with van der Waals surface area (Å²) in [6.07, 6.45) is -3.21. The molecule has 0 bridgehead atoms. The second-order valence-electron chi connectivity index (χ2n) is 6.07.